The number of fused-ring (bicyclic) bond motifs is 5. The summed E-state index contributed by atoms with van der Waals surface area (Å²) in [6, 6.07) is 0.443. The van der Waals surface area contributed by atoms with Gasteiger partial charge >= 0.3 is 0 Å². The molecule has 5 aliphatic rings. The Balaban J connectivity index is 1.39. The summed E-state index contributed by atoms with van der Waals surface area (Å²) >= 11 is 0. The van der Waals surface area contributed by atoms with Crippen molar-refractivity contribution >= 4 is 0 Å². The fourth-order valence-electron chi connectivity index (χ4n) is 9.96. The Morgan fingerprint density at radius 1 is 1.03 bits per heavy atom. The smallest absolute Gasteiger partial charge is 0.0746 e. The van der Waals surface area contributed by atoms with E-state index in [1.54, 1.807) is 0 Å². The van der Waals surface area contributed by atoms with E-state index in [1.165, 1.54) is 18.4 Å². The standard InChI is InChI=1S/C28H47NO3/c1-17(23-10-11-26(2,32)16-29(23)5)25-24(31)15-22-20-7-6-18-14-19(30)8-12-27(18,3)21(20)9-13-28(22,25)4/h6,17,19-25,30-32H,7-16H2,1-5H3/t17-,19+,20-,21+,22+,23-,24+,25+,26-,27+,28+/m1/s1. The van der Waals surface area contributed by atoms with Crippen molar-refractivity contribution in [2.75, 3.05) is 13.6 Å². The first-order valence-corrected chi connectivity index (χ1v) is 13.4. The van der Waals surface area contributed by atoms with Crippen molar-refractivity contribution in [3.05, 3.63) is 11.6 Å². The van der Waals surface area contributed by atoms with Gasteiger partial charge in [-0.2, -0.15) is 0 Å². The first kappa shape index (κ1) is 23.3. The minimum atomic E-state index is -0.584. The van der Waals surface area contributed by atoms with Gasteiger partial charge in [-0.1, -0.05) is 32.4 Å². The van der Waals surface area contributed by atoms with Crippen molar-refractivity contribution in [2.24, 2.45) is 40.4 Å². The summed E-state index contributed by atoms with van der Waals surface area (Å²) in [6.45, 7) is 10.1. The highest BCUT2D eigenvalue weighted by molar-refractivity contribution is 5.25. The van der Waals surface area contributed by atoms with Crippen LogP contribution in [0.2, 0.25) is 0 Å². The molecule has 0 amide bonds. The number of β-amino-alcohol motifs (C(OH)–C–C–N with tert-alkyl or cyclic N) is 1. The molecule has 0 bridgehead atoms. The van der Waals surface area contributed by atoms with Gasteiger partial charge in [0, 0.05) is 12.6 Å². The average molecular weight is 446 g/mol. The lowest BCUT2D eigenvalue weighted by Crippen LogP contribution is -2.55. The van der Waals surface area contributed by atoms with Crippen molar-refractivity contribution < 1.29 is 15.3 Å². The van der Waals surface area contributed by atoms with E-state index in [4.69, 9.17) is 0 Å². The molecule has 0 unspecified atom stereocenters. The number of nitrogens with zero attached hydrogens (tertiary/aromatic N) is 1. The molecule has 4 heteroatoms. The van der Waals surface area contributed by atoms with Crippen LogP contribution in [0.15, 0.2) is 11.6 Å². The summed E-state index contributed by atoms with van der Waals surface area (Å²) in [7, 11) is 2.17. The van der Waals surface area contributed by atoms with Crippen molar-refractivity contribution in [1.29, 1.82) is 0 Å². The zero-order chi connectivity index (χ0) is 23.1. The highest BCUT2D eigenvalue weighted by Crippen LogP contribution is 2.67. The Morgan fingerprint density at radius 3 is 2.50 bits per heavy atom. The van der Waals surface area contributed by atoms with Crippen molar-refractivity contribution in [1.82, 2.24) is 4.90 Å². The lowest BCUT2D eigenvalue weighted by Gasteiger charge is -2.58. The maximum absolute atomic E-state index is 11.5. The Bertz CT molecular complexity index is 764. The van der Waals surface area contributed by atoms with Gasteiger partial charge in [-0.25, -0.2) is 0 Å². The van der Waals surface area contributed by atoms with Crippen LogP contribution in [-0.4, -0.2) is 57.7 Å². The topological polar surface area (TPSA) is 63.9 Å². The number of likely N-dealkylation sites (tertiary alicyclic amines) is 1. The van der Waals surface area contributed by atoms with Gasteiger partial charge in [0.25, 0.3) is 0 Å². The van der Waals surface area contributed by atoms with Crippen LogP contribution in [0.3, 0.4) is 0 Å². The van der Waals surface area contributed by atoms with Crippen LogP contribution in [-0.2, 0) is 0 Å². The zero-order valence-electron chi connectivity index (χ0n) is 21.1. The molecule has 1 heterocycles. The normalized spacial score (nSPS) is 54.9. The summed E-state index contributed by atoms with van der Waals surface area (Å²) < 4.78 is 0. The van der Waals surface area contributed by atoms with Gasteiger partial charge in [0.1, 0.15) is 0 Å². The number of rotatable bonds is 2. The first-order valence-electron chi connectivity index (χ1n) is 13.4. The summed E-state index contributed by atoms with van der Waals surface area (Å²) in [6.07, 6.45) is 11.6. The second-order valence-corrected chi connectivity index (χ2v) is 13.4. The van der Waals surface area contributed by atoms with E-state index >= 15 is 0 Å². The summed E-state index contributed by atoms with van der Waals surface area (Å²) in [4.78, 5) is 2.37. The van der Waals surface area contributed by atoms with Gasteiger partial charge in [0.05, 0.1) is 17.8 Å². The SMILES string of the molecule is C[C@@H]([C@H]1[C@@H](O)C[C@H]2[C@@H]3CC=C4C[C@@H](O)CC[C@]4(C)[C@H]3CC[C@]12C)[C@H]1CC[C@@](C)(O)CN1C. The van der Waals surface area contributed by atoms with E-state index in [0.29, 0.717) is 35.6 Å². The van der Waals surface area contributed by atoms with Gasteiger partial charge in [-0.05, 0) is 112 Å². The first-order chi connectivity index (χ1) is 15.0. The molecule has 0 aromatic heterocycles. The lowest BCUT2D eigenvalue weighted by molar-refractivity contribution is -0.0867. The van der Waals surface area contributed by atoms with Gasteiger partial charge in [0.15, 0.2) is 0 Å². The molecule has 3 N–H and O–H groups in total. The second kappa shape index (κ2) is 7.80. The number of allylic oxidation sites excluding steroid dienone is 1. The number of aliphatic hydroxyl groups is 3. The van der Waals surface area contributed by atoms with Crippen LogP contribution >= 0.6 is 0 Å². The number of hydrogen-bond acceptors (Lipinski definition) is 4. The molecule has 1 aliphatic heterocycles. The minimum Gasteiger partial charge on any atom is -0.393 e. The fourth-order valence-corrected chi connectivity index (χ4v) is 9.96. The second-order valence-electron chi connectivity index (χ2n) is 13.4. The summed E-state index contributed by atoms with van der Waals surface area (Å²) in [5, 5.41) is 32.3. The van der Waals surface area contributed by atoms with Crippen LogP contribution < -0.4 is 0 Å². The Hall–Kier alpha value is -0.420. The highest BCUT2D eigenvalue weighted by Gasteiger charge is 2.62. The third kappa shape index (κ3) is 3.46. The number of likely N-dealkylation sites (N-methyl/N-ethyl adjacent to an activating group) is 1. The van der Waals surface area contributed by atoms with E-state index in [9.17, 15) is 15.3 Å². The zero-order valence-corrected chi connectivity index (χ0v) is 21.1. The van der Waals surface area contributed by atoms with Crippen LogP contribution in [0.5, 0.6) is 0 Å². The Morgan fingerprint density at radius 2 is 1.78 bits per heavy atom. The van der Waals surface area contributed by atoms with E-state index in [1.807, 2.05) is 6.92 Å². The Labute approximate surface area is 195 Å². The molecule has 5 rings (SSSR count). The third-order valence-electron chi connectivity index (χ3n) is 11.5. The largest absolute Gasteiger partial charge is 0.393 e. The van der Waals surface area contributed by atoms with Crippen LogP contribution in [0.25, 0.3) is 0 Å². The molecule has 4 nitrogen and oxygen atoms in total. The molecule has 4 aliphatic carbocycles. The molecule has 3 saturated carbocycles. The number of hydrogen-bond donors (Lipinski definition) is 3. The number of aliphatic hydroxyl groups excluding tert-OH is 2. The molecular weight excluding hydrogens is 398 g/mol. The van der Waals surface area contributed by atoms with Crippen LogP contribution in [0.1, 0.15) is 85.5 Å². The molecule has 1 saturated heterocycles. The molecule has 0 aromatic rings. The molecule has 0 spiro atoms. The maximum atomic E-state index is 11.5. The molecule has 11 atom stereocenters. The highest BCUT2D eigenvalue weighted by atomic mass is 16.3. The average Bonchev–Trinajstić information content (AvgIpc) is 2.97. The predicted molar refractivity (Wildman–Crippen MR) is 128 cm³/mol. The van der Waals surface area contributed by atoms with Gasteiger partial charge in [-0.3, -0.25) is 0 Å². The van der Waals surface area contributed by atoms with Gasteiger partial charge in [0.2, 0.25) is 0 Å². The van der Waals surface area contributed by atoms with Crippen LogP contribution in [0, 0.1) is 40.4 Å². The molecule has 4 fully saturated rings. The lowest BCUT2D eigenvalue weighted by atomic mass is 9.47. The fraction of sp³-hybridized carbons (Fsp3) is 0.929. The van der Waals surface area contributed by atoms with E-state index < -0.39 is 5.60 Å². The monoisotopic (exact) mass is 445 g/mol. The molecule has 32 heavy (non-hydrogen) atoms. The van der Waals surface area contributed by atoms with Crippen molar-refractivity contribution in [3.63, 3.8) is 0 Å². The maximum Gasteiger partial charge on any atom is 0.0746 e. The third-order valence-corrected chi connectivity index (χ3v) is 11.5. The summed E-state index contributed by atoms with van der Waals surface area (Å²) in [5.74, 6) is 2.77. The summed E-state index contributed by atoms with van der Waals surface area (Å²) in [5.41, 5.74) is 1.41. The predicted octanol–water partition coefficient (Wildman–Crippen LogP) is 4.38. The van der Waals surface area contributed by atoms with Gasteiger partial charge in [-0.15, -0.1) is 0 Å². The number of piperidine rings is 1. The molecule has 0 radical (unpaired) electrons. The molecular formula is C28H47NO3. The van der Waals surface area contributed by atoms with Crippen molar-refractivity contribution in [3.8, 4) is 0 Å². The quantitative estimate of drug-likeness (QED) is 0.552. The van der Waals surface area contributed by atoms with Crippen LogP contribution in [0.4, 0.5) is 0 Å². The van der Waals surface area contributed by atoms with E-state index in [0.717, 1.165) is 51.5 Å². The van der Waals surface area contributed by atoms with E-state index in [-0.39, 0.29) is 23.0 Å². The van der Waals surface area contributed by atoms with Crippen molar-refractivity contribution in [2.45, 2.75) is 109 Å². The van der Waals surface area contributed by atoms with Gasteiger partial charge < -0.3 is 20.2 Å². The van der Waals surface area contributed by atoms with E-state index in [2.05, 4.69) is 38.8 Å². The molecule has 182 valence electrons. The minimum absolute atomic E-state index is 0.147. The Kier molecular flexibility index (Phi) is 5.68. The molecule has 0 aromatic carbocycles.